The van der Waals surface area contributed by atoms with E-state index in [0.717, 1.165) is 32.6 Å². The third-order valence-electron chi connectivity index (χ3n) is 3.08. The second kappa shape index (κ2) is 7.46. The van der Waals surface area contributed by atoms with Crippen molar-refractivity contribution in [3.63, 3.8) is 0 Å². The Balaban J connectivity index is 2.36. The Morgan fingerprint density at radius 3 is 2.24 bits per heavy atom. The summed E-state index contributed by atoms with van der Waals surface area (Å²) in [4.78, 5) is 0. The Hall–Kier alpha value is -0.860. The van der Waals surface area contributed by atoms with Crippen LogP contribution in [0.15, 0.2) is 12.1 Å². The number of hydrogen-bond acceptors (Lipinski definition) is 2. The van der Waals surface area contributed by atoms with E-state index in [2.05, 4.69) is 32.9 Å². The van der Waals surface area contributed by atoms with E-state index in [1.807, 2.05) is 0 Å². The molecule has 1 aromatic rings. The summed E-state index contributed by atoms with van der Waals surface area (Å²) in [6, 6.07) is 4.44. The molecule has 0 saturated carbocycles. The van der Waals surface area contributed by atoms with Gasteiger partial charge in [0.05, 0.1) is 6.61 Å². The number of hydrogen-bond donors (Lipinski definition) is 1. The van der Waals surface area contributed by atoms with Gasteiger partial charge < -0.3 is 10.5 Å². The number of aryl methyl sites for hydroxylation is 3. The number of ether oxygens (including phenoxy) is 1. The molecule has 2 nitrogen and oxygen atoms in total. The minimum Gasteiger partial charge on any atom is -0.377 e. The summed E-state index contributed by atoms with van der Waals surface area (Å²) in [5, 5.41) is 0. The van der Waals surface area contributed by atoms with Crippen molar-refractivity contribution in [2.45, 2.75) is 46.6 Å². The van der Waals surface area contributed by atoms with Gasteiger partial charge in [0.1, 0.15) is 0 Å². The molecule has 1 rings (SSSR count). The molecule has 1 aromatic carbocycles. The molecule has 0 radical (unpaired) electrons. The molecule has 0 amide bonds. The number of unbranched alkanes of at least 4 members (excludes halogenated alkanes) is 2. The van der Waals surface area contributed by atoms with Crippen LogP contribution in [0.1, 0.15) is 41.5 Å². The van der Waals surface area contributed by atoms with Crippen LogP contribution in [-0.4, -0.2) is 13.2 Å². The van der Waals surface area contributed by atoms with Crippen molar-refractivity contribution in [3.8, 4) is 0 Å². The van der Waals surface area contributed by atoms with Gasteiger partial charge in [-0.05, 0) is 63.3 Å². The lowest BCUT2D eigenvalue weighted by atomic mass is 10.0. The molecule has 0 aromatic heterocycles. The monoisotopic (exact) mass is 235 g/mol. The standard InChI is InChI=1S/C15H25NO/c1-12-9-13(2)15(14(3)10-12)11-17-8-6-4-5-7-16/h9-10H,4-8,11,16H2,1-3H3. The van der Waals surface area contributed by atoms with Gasteiger partial charge in [-0.2, -0.15) is 0 Å². The lowest BCUT2D eigenvalue weighted by Gasteiger charge is -2.11. The summed E-state index contributed by atoms with van der Waals surface area (Å²) < 4.78 is 5.73. The maximum Gasteiger partial charge on any atom is 0.0721 e. The lowest BCUT2D eigenvalue weighted by molar-refractivity contribution is 0.116. The normalized spacial score (nSPS) is 10.8. The first-order chi connectivity index (χ1) is 8.15. The average molecular weight is 235 g/mol. The van der Waals surface area contributed by atoms with E-state index in [1.165, 1.54) is 28.7 Å². The summed E-state index contributed by atoms with van der Waals surface area (Å²) in [5.74, 6) is 0. The van der Waals surface area contributed by atoms with Crippen LogP contribution in [0.4, 0.5) is 0 Å². The largest absolute Gasteiger partial charge is 0.377 e. The van der Waals surface area contributed by atoms with Gasteiger partial charge in [-0.25, -0.2) is 0 Å². The average Bonchev–Trinajstić information content (AvgIpc) is 2.26. The zero-order chi connectivity index (χ0) is 12.7. The fourth-order valence-corrected chi connectivity index (χ4v) is 2.14. The van der Waals surface area contributed by atoms with Gasteiger partial charge in [-0.1, -0.05) is 17.7 Å². The van der Waals surface area contributed by atoms with Gasteiger partial charge in [0.15, 0.2) is 0 Å². The van der Waals surface area contributed by atoms with E-state index in [4.69, 9.17) is 10.5 Å². The molecule has 0 aliphatic carbocycles. The minimum atomic E-state index is 0.737. The summed E-state index contributed by atoms with van der Waals surface area (Å²) in [7, 11) is 0. The summed E-state index contributed by atoms with van der Waals surface area (Å²) >= 11 is 0. The van der Waals surface area contributed by atoms with Gasteiger partial charge >= 0.3 is 0 Å². The van der Waals surface area contributed by atoms with Crippen LogP contribution in [0.5, 0.6) is 0 Å². The van der Waals surface area contributed by atoms with Gasteiger partial charge in [-0.15, -0.1) is 0 Å². The molecule has 2 heteroatoms. The van der Waals surface area contributed by atoms with Crippen molar-refractivity contribution in [3.05, 3.63) is 34.4 Å². The molecule has 0 atom stereocenters. The third kappa shape index (κ3) is 4.88. The van der Waals surface area contributed by atoms with Crippen molar-refractivity contribution in [2.75, 3.05) is 13.2 Å². The van der Waals surface area contributed by atoms with E-state index >= 15 is 0 Å². The minimum absolute atomic E-state index is 0.737. The molecule has 0 aliphatic heterocycles. The van der Waals surface area contributed by atoms with Gasteiger partial charge in [0, 0.05) is 6.61 Å². The topological polar surface area (TPSA) is 35.2 Å². The van der Waals surface area contributed by atoms with Crippen LogP contribution < -0.4 is 5.73 Å². The van der Waals surface area contributed by atoms with Crippen LogP contribution >= 0.6 is 0 Å². The first-order valence-corrected chi connectivity index (χ1v) is 6.49. The maximum absolute atomic E-state index is 5.73. The molecular formula is C15H25NO. The number of benzene rings is 1. The number of rotatable bonds is 7. The Labute approximate surface area is 105 Å². The molecule has 0 bridgehead atoms. The lowest BCUT2D eigenvalue weighted by Crippen LogP contribution is -2.02. The Morgan fingerprint density at radius 2 is 1.65 bits per heavy atom. The second-order valence-corrected chi connectivity index (χ2v) is 4.78. The third-order valence-corrected chi connectivity index (χ3v) is 3.08. The van der Waals surface area contributed by atoms with Crippen LogP contribution in [0, 0.1) is 20.8 Å². The van der Waals surface area contributed by atoms with Gasteiger partial charge in [0.2, 0.25) is 0 Å². The highest BCUT2D eigenvalue weighted by atomic mass is 16.5. The predicted molar refractivity (Wildman–Crippen MR) is 73.2 cm³/mol. The first kappa shape index (κ1) is 14.2. The molecule has 0 saturated heterocycles. The Kier molecular flexibility index (Phi) is 6.23. The van der Waals surface area contributed by atoms with Crippen LogP contribution in [0.3, 0.4) is 0 Å². The second-order valence-electron chi connectivity index (χ2n) is 4.78. The summed E-state index contributed by atoms with van der Waals surface area (Å²) in [6.07, 6.45) is 3.38. The summed E-state index contributed by atoms with van der Waals surface area (Å²) in [5.41, 5.74) is 10.8. The molecule has 0 unspecified atom stereocenters. The SMILES string of the molecule is Cc1cc(C)c(COCCCCCN)c(C)c1. The molecule has 0 spiro atoms. The van der Waals surface area contributed by atoms with Crippen LogP contribution in [-0.2, 0) is 11.3 Å². The first-order valence-electron chi connectivity index (χ1n) is 6.49. The zero-order valence-corrected chi connectivity index (χ0v) is 11.4. The predicted octanol–water partition coefficient (Wildman–Crippen LogP) is 3.26. The van der Waals surface area contributed by atoms with E-state index in [-0.39, 0.29) is 0 Å². The van der Waals surface area contributed by atoms with Crippen molar-refractivity contribution in [2.24, 2.45) is 5.73 Å². The molecule has 17 heavy (non-hydrogen) atoms. The van der Waals surface area contributed by atoms with Gasteiger partial charge in [0.25, 0.3) is 0 Å². The number of nitrogens with two attached hydrogens (primary N) is 1. The fourth-order valence-electron chi connectivity index (χ4n) is 2.14. The zero-order valence-electron chi connectivity index (χ0n) is 11.4. The highest BCUT2D eigenvalue weighted by molar-refractivity contribution is 5.36. The highest BCUT2D eigenvalue weighted by Crippen LogP contribution is 2.17. The Morgan fingerprint density at radius 1 is 1.00 bits per heavy atom. The quantitative estimate of drug-likeness (QED) is 0.736. The molecular weight excluding hydrogens is 210 g/mol. The Bertz CT molecular complexity index is 324. The van der Waals surface area contributed by atoms with Crippen molar-refractivity contribution < 1.29 is 4.74 Å². The molecule has 0 fully saturated rings. The van der Waals surface area contributed by atoms with Crippen LogP contribution in [0.25, 0.3) is 0 Å². The van der Waals surface area contributed by atoms with E-state index < -0.39 is 0 Å². The van der Waals surface area contributed by atoms with Crippen molar-refractivity contribution in [1.82, 2.24) is 0 Å². The van der Waals surface area contributed by atoms with Crippen molar-refractivity contribution in [1.29, 1.82) is 0 Å². The molecule has 96 valence electrons. The summed E-state index contributed by atoms with van der Waals surface area (Å²) in [6.45, 7) is 8.82. The fraction of sp³-hybridized carbons (Fsp3) is 0.600. The van der Waals surface area contributed by atoms with E-state index in [1.54, 1.807) is 0 Å². The van der Waals surface area contributed by atoms with Crippen LogP contribution in [0.2, 0.25) is 0 Å². The van der Waals surface area contributed by atoms with Crippen molar-refractivity contribution >= 4 is 0 Å². The van der Waals surface area contributed by atoms with E-state index in [0.29, 0.717) is 0 Å². The maximum atomic E-state index is 5.73. The van der Waals surface area contributed by atoms with E-state index in [9.17, 15) is 0 Å². The molecule has 2 N–H and O–H groups in total. The molecule has 0 heterocycles. The highest BCUT2D eigenvalue weighted by Gasteiger charge is 2.03. The van der Waals surface area contributed by atoms with Gasteiger partial charge in [-0.3, -0.25) is 0 Å². The molecule has 0 aliphatic rings. The smallest absolute Gasteiger partial charge is 0.0721 e.